The minimum Gasteiger partial charge on any atom is -0.397 e. The largest absolute Gasteiger partial charge is 0.397 e. The number of nitrogens with zero attached hydrogens (tertiary/aromatic N) is 2. The molecule has 0 aliphatic carbocycles. The minimum absolute atomic E-state index is 0.304. The number of nitrogens with two attached hydrogens (primary N) is 1. The van der Waals surface area contributed by atoms with E-state index in [0.717, 1.165) is 5.39 Å². The average Bonchev–Trinajstić information content (AvgIpc) is 2.97. The van der Waals surface area contributed by atoms with Crippen LogP contribution in [0.1, 0.15) is 5.56 Å². The Bertz CT molecular complexity index is 1160. The van der Waals surface area contributed by atoms with Crippen LogP contribution in [0.25, 0.3) is 33.3 Å². The van der Waals surface area contributed by atoms with Gasteiger partial charge >= 0.3 is 0 Å². The first-order valence-electron chi connectivity index (χ1n) is 6.98. The fourth-order valence-corrected chi connectivity index (χ4v) is 2.70. The molecule has 0 saturated carbocycles. The van der Waals surface area contributed by atoms with Crippen LogP contribution < -0.4 is 11.3 Å². The highest BCUT2D eigenvalue weighted by molar-refractivity contribution is 5.97. The van der Waals surface area contributed by atoms with Crippen LogP contribution in [0, 0.1) is 11.3 Å². The third-order valence-electron chi connectivity index (χ3n) is 3.81. The lowest BCUT2D eigenvalue weighted by atomic mass is 10.1. The molecule has 0 aliphatic rings. The van der Waals surface area contributed by atoms with Crippen LogP contribution in [-0.2, 0) is 0 Å². The number of hydrogen-bond acceptors (Lipinski definition) is 4. The summed E-state index contributed by atoms with van der Waals surface area (Å²) in [5.41, 5.74) is 9.14. The fraction of sp³-hybridized carbons (Fsp3) is 0. The summed E-state index contributed by atoms with van der Waals surface area (Å²) < 4.78 is 0. The van der Waals surface area contributed by atoms with Gasteiger partial charge in [0, 0.05) is 5.39 Å². The number of nitrogens with one attached hydrogen (secondary N) is 2. The van der Waals surface area contributed by atoms with Crippen molar-refractivity contribution in [3.05, 3.63) is 58.4 Å². The Kier molecular flexibility index (Phi) is 2.68. The van der Waals surface area contributed by atoms with Gasteiger partial charge in [-0.05, 0) is 24.3 Å². The molecule has 23 heavy (non-hydrogen) atoms. The van der Waals surface area contributed by atoms with Gasteiger partial charge in [-0.15, -0.1) is 0 Å². The molecule has 4 N–H and O–H groups in total. The third kappa shape index (κ3) is 1.95. The molecule has 0 amide bonds. The molecule has 6 nitrogen and oxygen atoms in total. The van der Waals surface area contributed by atoms with Gasteiger partial charge in [0.25, 0.3) is 5.56 Å². The second kappa shape index (κ2) is 4.71. The summed E-state index contributed by atoms with van der Waals surface area (Å²) in [6.07, 6.45) is 0. The van der Waals surface area contributed by atoms with Crippen LogP contribution in [0.3, 0.4) is 0 Å². The first-order chi connectivity index (χ1) is 11.2. The molecule has 0 spiro atoms. The van der Waals surface area contributed by atoms with E-state index < -0.39 is 0 Å². The van der Waals surface area contributed by atoms with Crippen molar-refractivity contribution in [1.82, 2.24) is 15.0 Å². The number of nitriles is 1. The zero-order valence-electron chi connectivity index (χ0n) is 11.9. The number of benzene rings is 2. The van der Waals surface area contributed by atoms with Crippen molar-refractivity contribution in [1.29, 1.82) is 5.26 Å². The van der Waals surface area contributed by atoms with Crippen LogP contribution in [-0.4, -0.2) is 15.0 Å². The van der Waals surface area contributed by atoms with Gasteiger partial charge in [0.1, 0.15) is 11.4 Å². The van der Waals surface area contributed by atoms with Gasteiger partial charge in [-0.1, -0.05) is 18.2 Å². The van der Waals surface area contributed by atoms with Crippen molar-refractivity contribution < 1.29 is 0 Å². The molecule has 2 heterocycles. The lowest BCUT2D eigenvalue weighted by Crippen LogP contribution is -2.13. The van der Waals surface area contributed by atoms with Crippen molar-refractivity contribution in [3.63, 3.8) is 0 Å². The highest BCUT2D eigenvalue weighted by Gasteiger charge is 2.15. The summed E-state index contributed by atoms with van der Waals surface area (Å²) in [7, 11) is 0. The zero-order valence-corrected chi connectivity index (χ0v) is 11.9. The summed E-state index contributed by atoms with van der Waals surface area (Å²) in [5, 5.41) is 9.73. The van der Waals surface area contributed by atoms with Gasteiger partial charge in [0.05, 0.1) is 33.9 Å². The van der Waals surface area contributed by atoms with E-state index in [1.54, 1.807) is 24.3 Å². The Balaban J connectivity index is 2.02. The summed E-state index contributed by atoms with van der Waals surface area (Å²) in [5.74, 6) is 0.389. The maximum Gasteiger partial charge on any atom is 0.261 e. The minimum atomic E-state index is -0.305. The smallest absolute Gasteiger partial charge is 0.261 e. The summed E-state index contributed by atoms with van der Waals surface area (Å²) in [6.45, 7) is 0. The molecule has 0 unspecified atom stereocenters. The molecule has 0 radical (unpaired) electrons. The van der Waals surface area contributed by atoms with Gasteiger partial charge in [-0.2, -0.15) is 5.26 Å². The average molecular weight is 301 g/mol. The van der Waals surface area contributed by atoms with E-state index in [9.17, 15) is 4.79 Å². The maximum atomic E-state index is 12.4. The number of H-pyrrole nitrogens is 2. The zero-order chi connectivity index (χ0) is 16.0. The summed E-state index contributed by atoms with van der Waals surface area (Å²) in [6, 6.07) is 14.5. The molecule has 0 aliphatic heterocycles. The van der Waals surface area contributed by atoms with E-state index in [4.69, 9.17) is 11.0 Å². The van der Waals surface area contributed by atoms with E-state index >= 15 is 0 Å². The highest BCUT2D eigenvalue weighted by atomic mass is 16.1. The monoisotopic (exact) mass is 301 g/mol. The molecule has 110 valence electrons. The van der Waals surface area contributed by atoms with Crippen molar-refractivity contribution in [2.24, 2.45) is 0 Å². The number of fused-ring (bicyclic) bond motifs is 2. The van der Waals surface area contributed by atoms with E-state index in [-0.39, 0.29) is 5.56 Å². The molecule has 0 bridgehead atoms. The van der Waals surface area contributed by atoms with E-state index in [1.807, 2.05) is 18.2 Å². The van der Waals surface area contributed by atoms with Gasteiger partial charge in [0.2, 0.25) is 0 Å². The number of nitrogen functional groups attached to an aromatic ring is 1. The number of hydrogen-bond donors (Lipinski definition) is 3. The van der Waals surface area contributed by atoms with E-state index in [1.165, 1.54) is 0 Å². The van der Waals surface area contributed by atoms with Crippen molar-refractivity contribution >= 4 is 27.6 Å². The first-order valence-corrected chi connectivity index (χ1v) is 6.98. The number of anilines is 1. The van der Waals surface area contributed by atoms with Gasteiger partial charge in [-0.3, -0.25) is 4.79 Å². The summed E-state index contributed by atoms with van der Waals surface area (Å²) >= 11 is 0. The fourth-order valence-electron chi connectivity index (χ4n) is 2.70. The number of para-hydroxylation sites is 1. The number of aromatic nitrogens is 3. The Morgan fingerprint density at radius 1 is 1.09 bits per heavy atom. The molecule has 4 rings (SSSR count). The highest BCUT2D eigenvalue weighted by Crippen LogP contribution is 2.28. The van der Waals surface area contributed by atoms with Crippen LogP contribution >= 0.6 is 0 Å². The predicted octanol–water partition coefficient (Wildman–Crippen LogP) is 2.53. The van der Waals surface area contributed by atoms with Crippen LogP contribution in [0.2, 0.25) is 0 Å². The second-order valence-corrected chi connectivity index (χ2v) is 5.22. The molecule has 0 fully saturated rings. The normalized spacial score (nSPS) is 10.9. The number of pyridine rings is 1. The molecule has 0 saturated heterocycles. The Hall–Kier alpha value is -3.59. The SMILES string of the molecule is N#Cc1ccc2nc(-c3c(N)c4ccccc4[nH]c3=O)[nH]c2c1. The van der Waals surface area contributed by atoms with Crippen molar-refractivity contribution in [3.8, 4) is 17.5 Å². The Labute approximate surface area is 130 Å². The standard InChI is InChI=1S/C17H11N5O/c18-8-9-5-6-12-13(7-9)21-16(20-12)14-15(19)10-3-1-2-4-11(10)22-17(14)23/h1-7H,(H,20,21)(H3,19,22,23). The van der Waals surface area contributed by atoms with Crippen molar-refractivity contribution in [2.45, 2.75) is 0 Å². The molecule has 0 atom stereocenters. The first kappa shape index (κ1) is 13.1. The van der Waals surface area contributed by atoms with Crippen LogP contribution in [0.4, 0.5) is 5.69 Å². The maximum absolute atomic E-state index is 12.4. The van der Waals surface area contributed by atoms with Gasteiger partial charge in [-0.25, -0.2) is 4.98 Å². The van der Waals surface area contributed by atoms with Crippen LogP contribution in [0.15, 0.2) is 47.3 Å². The predicted molar refractivity (Wildman–Crippen MR) is 88.8 cm³/mol. The van der Waals surface area contributed by atoms with Gasteiger partial charge < -0.3 is 15.7 Å². The lowest BCUT2D eigenvalue weighted by molar-refractivity contribution is 1.25. The van der Waals surface area contributed by atoms with E-state index in [2.05, 4.69) is 21.0 Å². The molecular formula is C17H11N5O. The number of imidazole rings is 1. The topological polar surface area (TPSA) is 111 Å². The Morgan fingerprint density at radius 2 is 1.91 bits per heavy atom. The quantitative estimate of drug-likeness (QED) is 0.501. The van der Waals surface area contributed by atoms with E-state index in [0.29, 0.717) is 39.2 Å². The van der Waals surface area contributed by atoms with Gasteiger partial charge in [0.15, 0.2) is 0 Å². The second-order valence-electron chi connectivity index (χ2n) is 5.22. The van der Waals surface area contributed by atoms with Crippen LogP contribution in [0.5, 0.6) is 0 Å². The molecule has 6 heteroatoms. The Morgan fingerprint density at radius 3 is 2.74 bits per heavy atom. The molecule has 2 aromatic carbocycles. The third-order valence-corrected chi connectivity index (χ3v) is 3.81. The molecule has 4 aromatic rings. The molecular weight excluding hydrogens is 290 g/mol. The number of aromatic amines is 2. The lowest BCUT2D eigenvalue weighted by Gasteiger charge is -2.06. The number of rotatable bonds is 1. The van der Waals surface area contributed by atoms with Crippen molar-refractivity contribution in [2.75, 3.05) is 5.73 Å². The summed E-state index contributed by atoms with van der Waals surface area (Å²) in [4.78, 5) is 22.7. The molecule has 2 aromatic heterocycles.